The summed E-state index contributed by atoms with van der Waals surface area (Å²) in [5.41, 5.74) is 0.415. The first-order valence-electron chi connectivity index (χ1n) is 6.24. The Hall–Kier alpha value is -1.55. The van der Waals surface area contributed by atoms with Gasteiger partial charge in [0, 0.05) is 17.5 Å². The molecule has 0 spiro atoms. The molecule has 1 aromatic rings. The maximum atomic E-state index is 12.0. The normalized spacial score (nSPS) is 11.6. The van der Waals surface area contributed by atoms with Crippen molar-refractivity contribution < 1.29 is 13.5 Å². The van der Waals surface area contributed by atoms with Gasteiger partial charge in [0.2, 0.25) is 0 Å². The van der Waals surface area contributed by atoms with Gasteiger partial charge in [-0.1, -0.05) is 24.0 Å². The first-order valence-corrected chi connectivity index (χ1v) is 7.72. The van der Waals surface area contributed by atoms with Crippen LogP contribution in [0, 0.1) is 11.8 Å². The molecule has 0 aromatic heterocycles. The van der Waals surface area contributed by atoms with Crippen LogP contribution in [0.5, 0.6) is 0 Å². The molecule has 0 fully saturated rings. The van der Waals surface area contributed by atoms with Crippen molar-refractivity contribution in [3.8, 4) is 11.8 Å². The Morgan fingerprint density at radius 2 is 1.90 bits per heavy atom. The largest absolute Gasteiger partial charge is 0.395 e. The van der Waals surface area contributed by atoms with Crippen LogP contribution in [0.15, 0.2) is 24.3 Å². The predicted molar refractivity (Wildman–Crippen MR) is 80.5 cm³/mol. The van der Waals surface area contributed by atoms with Crippen molar-refractivity contribution >= 4 is 15.9 Å². The van der Waals surface area contributed by atoms with Gasteiger partial charge in [-0.3, -0.25) is 4.72 Å². The minimum Gasteiger partial charge on any atom is -0.395 e. The SMILES string of the molecule is CC(C)(C)NS(=O)(=O)Nc1ccccc1C#CCCO. The molecule has 0 aliphatic heterocycles. The number of aliphatic hydroxyl groups excluding tert-OH is 1. The fraction of sp³-hybridized carbons (Fsp3) is 0.429. The summed E-state index contributed by atoms with van der Waals surface area (Å²) in [6.07, 6.45) is 0.349. The Balaban J connectivity index is 2.96. The fourth-order valence-corrected chi connectivity index (χ4v) is 2.79. The molecule has 0 aliphatic rings. The lowest BCUT2D eigenvalue weighted by molar-refractivity contribution is 0.305. The molecule has 20 heavy (non-hydrogen) atoms. The maximum absolute atomic E-state index is 12.0. The van der Waals surface area contributed by atoms with E-state index in [-0.39, 0.29) is 6.61 Å². The van der Waals surface area contributed by atoms with E-state index in [9.17, 15) is 8.42 Å². The zero-order valence-corrected chi connectivity index (χ0v) is 12.7. The summed E-state index contributed by atoms with van der Waals surface area (Å²) in [7, 11) is -3.66. The van der Waals surface area contributed by atoms with Crippen molar-refractivity contribution in [2.45, 2.75) is 32.7 Å². The Kier molecular flexibility index (Phi) is 5.57. The van der Waals surface area contributed by atoms with Gasteiger partial charge in [0.25, 0.3) is 10.2 Å². The molecule has 1 aromatic carbocycles. The number of para-hydroxylation sites is 1. The Morgan fingerprint density at radius 3 is 2.50 bits per heavy atom. The number of hydrogen-bond donors (Lipinski definition) is 3. The van der Waals surface area contributed by atoms with Gasteiger partial charge in [0.05, 0.1) is 12.3 Å². The number of nitrogens with one attached hydrogen (secondary N) is 2. The molecule has 6 heteroatoms. The molecule has 0 aliphatic carbocycles. The van der Waals surface area contributed by atoms with Crippen molar-refractivity contribution in [1.82, 2.24) is 4.72 Å². The second kappa shape index (κ2) is 6.75. The van der Waals surface area contributed by atoms with Crippen LogP contribution in [-0.4, -0.2) is 25.7 Å². The number of hydrogen-bond acceptors (Lipinski definition) is 3. The third-order valence-corrected chi connectivity index (χ3v) is 3.44. The summed E-state index contributed by atoms with van der Waals surface area (Å²) in [4.78, 5) is 0. The number of rotatable bonds is 4. The summed E-state index contributed by atoms with van der Waals surface area (Å²) >= 11 is 0. The van der Waals surface area contributed by atoms with Crippen LogP contribution in [0.2, 0.25) is 0 Å². The molecule has 1 rings (SSSR count). The number of aliphatic hydroxyl groups is 1. The highest BCUT2D eigenvalue weighted by Crippen LogP contribution is 2.15. The number of anilines is 1. The molecule has 0 atom stereocenters. The van der Waals surface area contributed by atoms with Crippen LogP contribution < -0.4 is 9.44 Å². The van der Waals surface area contributed by atoms with Gasteiger partial charge in [-0.15, -0.1) is 0 Å². The quantitative estimate of drug-likeness (QED) is 0.736. The highest BCUT2D eigenvalue weighted by molar-refractivity contribution is 7.90. The fourth-order valence-electron chi connectivity index (χ4n) is 1.47. The second-order valence-electron chi connectivity index (χ2n) is 5.28. The lowest BCUT2D eigenvalue weighted by Gasteiger charge is -2.21. The van der Waals surface area contributed by atoms with E-state index in [4.69, 9.17) is 5.11 Å². The Morgan fingerprint density at radius 1 is 1.25 bits per heavy atom. The van der Waals surface area contributed by atoms with E-state index in [0.717, 1.165) is 0 Å². The van der Waals surface area contributed by atoms with Gasteiger partial charge >= 0.3 is 0 Å². The standard InChI is InChI=1S/C14H20N2O3S/c1-14(2,3)16-20(18,19)15-13-10-5-4-8-12(13)9-6-7-11-17/h4-5,8,10,15-17H,7,11H2,1-3H3. The summed E-state index contributed by atoms with van der Waals surface area (Å²) in [5, 5.41) is 8.70. The van der Waals surface area contributed by atoms with E-state index in [1.54, 1.807) is 45.0 Å². The molecule has 5 nitrogen and oxygen atoms in total. The van der Waals surface area contributed by atoms with Crippen molar-refractivity contribution in [2.75, 3.05) is 11.3 Å². The predicted octanol–water partition coefficient (Wildman–Crippen LogP) is 1.47. The Bertz CT molecular complexity index is 607. The first-order chi connectivity index (χ1) is 9.23. The van der Waals surface area contributed by atoms with Gasteiger partial charge < -0.3 is 5.11 Å². The molecule has 0 unspecified atom stereocenters. The van der Waals surface area contributed by atoms with Gasteiger partial charge in [-0.05, 0) is 32.9 Å². The van der Waals surface area contributed by atoms with Gasteiger partial charge in [-0.25, -0.2) is 0 Å². The zero-order chi connectivity index (χ0) is 15.2. The van der Waals surface area contributed by atoms with Crippen LogP contribution >= 0.6 is 0 Å². The number of benzene rings is 1. The van der Waals surface area contributed by atoms with E-state index < -0.39 is 15.7 Å². The van der Waals surface area contributed by atoms with Crippen molar-refractivity contribution in [3.63, 3.8) is 0 Å². The molecule has 110 valence electrons. The minimum absolute atomic E-state index is 0.0214. The summed E-state index contributed by atoms with van der Waals surface area (Å²) in [6.45, 7) is 5.27. The average Bonchev–Trinajstić information content (AvgIpc) is 2.28. The van der Waals surface area contributed by atoms with E-state index in [1.165, 1.54) is 0 Å². The topological polar surface area (TPSA) is 78.4 Å². The van der Waals surface area contributed by atoms with Crippen LogP contribution in [-0.2, 0) is 10.2 Å². The second-order valence-corrected chi connectivity index (χ2v) is 6.69. The van der Waals surface area contributed by atoms with Crippen LogP contribution in [0.3, 0.4) is 0 Å². The highest BCUT2D eigenvalue weighted by atomic mass is 32.2. The average molecular weight is 296 g/mol. The third-order valence-electron chi connectivity index (χ3n) is 2.07. The molecule has 0 saturated heterocycles. The third kappa shape index (κ3) is 6.06. The summed E-state index contributed by atoms with van der Waals surface area (Å²) in [6, 6.07) is 6.87. The minimum atomic E-state index is -3.66. The lowest BCUT2D eigenvalue weighted by Crippen LogP contribution is -2.43. The molecule has 0 bridgehead atoms. The van der Waals surface area contributed by atoms with E-state index in [1.807, 2.05) is 0 Å². The van der Waals surface area contributed by atoms with E-state index in [2.05, 4.69) is 21.3 Å². The van der Waals surface area contributed by atoms with Crippen molar-refractivity contribution in [3.05, 3.63) is 29.8 Å². The molecular formula is C14H20N2O3S. The first kappa shape index (κ1) is 16.5. The van der Waals surface area contributed by atoms with Crippen LogP contribution in [0.4, 0.5) is 5.69 Å². The van der Waals surface area contributed by atoms with Crippen LogP contribution in [0.25, 0.3) is 0 Å². The maximum Gasteiger partial charge on any atom is 0.299 e. The molecule has 0 amide bonds. The van der Waals surface area contributed by atoms with Crippen molar-refractivity contribution in [2.24, 2.45) is 0 Å². The summed E-state index contributed by atoms with van der Waals surface area (Å²) in [5.74, 6) is 5.61. The zero-order valence-electron chi connectivity index (χ0n) is 11.9. The smallest absolute Gasteiger partial charge is 0.299 e. The monoisotopic (exact) mass is 296 g/mol. The van der Waals surface area contributed by atoms with Gasteiger partial charge in [0.15, 0.2) is 0 Å². The van der Waals surface area contributed by atoms with Gasteiger partial charge in [0.1, 0.15) is 0 Å². The van der Waals surface area contributed by atoms with Gasteiger partial charge in [-0.2, -0.15) is 13.1 Å². The highest BCUT2D eigenvalue weighted by Gasteiger charge is 2.20. The molecule has 0 radical (unpaired) electrons. The molecule has 0 heterocycles. The van der Waals surface area contributed by atoms with Crippen LogP contribution in [0.1, 0.15) is 32.8 Å². The molecule has 3 N–H and O–H groups in total. The Labute approximate surface area is 120 Å². The molecular weight excluding hydrogens is 276 g/mol. The summed E-state index contributed by atoms with van der Waals surface area (Å²) < 4.78 is 29.0. The molecule has 0 saturated carbocycles. The lowest BCUT2D eigenvalue weighted by atomic mass is 10.1. The van der Waals surface area contributed by atoms with E-state index >= 15 is 0 Å². The van der Waals surface area contributed by atoms with Crippen molar-refractivity contribution in [1.29, 1.82) is 0 Å². The van der Waals surface area contributed by atoms with E-state index in [0.29, 0.717) is 17.7 Å².